The second-order valence-corrected chi connectivity index (χ2v) is 14.1. The van der Waals surface area contributed by atoms with Gasteiger partial charge in [0.05, 0.1) is 31.7 Å². The van der Waals surface area contributed by atoms with Crippen LogP contribution in [0.25, 0.3) is 0 Å². The number of carbonyl (C=O) groups excluding carboxylic acids is 2. The fourth-order valence-electron chi connectivity index (χ4n) is 5.64. The largest absolute Gasteiger partial charge is 0.493 e. The Labute approximate surface area is 321 Å². The maximum absolute atomic E-state index is 12.8. The molecule has 2 atom stereocenters. The molecule has 4 aromatic rings. The normalized spacial score (nSPS) is 16.6. The van der Waals surface area contributed by atoms with Gasteiger partial charge in [0.25, 0.3) is 0 Å². The van der Waals surface area contributed by atoms with Gasteiger partial charge in [-0.1, -0.05) is 36.9 Å². The molecule has 7 N–H and O–H groups in total. The number of epoxide rings is 2. The van der Waals surface area contributed by atoms with E-state index in [0.29, 0.717) is 55.5 Å². The van der Waals surface area contributed by atoms with Crippen LogP contribution in [0, 0.1) is 5.92 Å². The molecule has 2 unspecified atom stereocenters. The summed E-state index contributed by atoms with van der Waals surface area (Å²) in [4.78, 5) is 25.6. The van der Waals surface area contributed by atoms with Crippen molar-refractivity contribution in [2.45, 2.75) is 51.2 Å². The van der Waals surface area contributed by atoms with Crippen LogP contribution in [0.1, 0.15) is 35.1 Å². The Morgan fingerprint density at radius 2 is 1.07 bits per heavy atom. The molecule has 13 nitrogen and oxygen atoms in total. The minimum Gasteiger partial charge on any atom is -0.493 e. The van der Waals surface area contributed by atoms with Crippen LogP contribution >= 0.6 is 0 Å². The Morgan fingerprint density at radius 3 is 1.64 bits per heavy atom. The van der Waals surface area contributed by atoms with Crippen molar-refractivity contribution in [2.75, 3.05) is 48.9 Å². The van der Waals surface area contributed by atoms with Gasteiger partial charge >= 0.3 is 12.1 Å². The van der Waals surface area contributed by atoms with E-state index in [1.807, 2.05) is 78.9 Å². The fraction of sp³-hybridized carbons (Fsp3) is 0.333. The molecule has 0 radical (unpaired) electrons. The summed E-state index contributed by atoms with van der Waals surface area (Å²) in [5, 5.41) is 21.7. The number of benzene rings is 4. The summed E-state index contributed by atoms with van der Waals surface area (Å²) in [6.07, 6.45) is 2.98. The first-order chi connectivity index (χ1) is 26.9. The van der Waals surface area contributed by atoms with E-state index in [4.69, 9.17) is 18.9 Å². The zero-order valence-corrected chi connectivity index (χ0v) is 30.8. The number of anilines is 3. The zero-order valence-electron chi connectivity index (χ0n) is 30.8. The first-order valence-corrected chi connectivity index (χ1v) is 18.8. The third-order valence-electron chi connectivity index (χ3n) is 9.15. The van der Waals surface area contributed by atoms with E-state index >= 15 is 0 Å². The lowest BCUT2D eigenvalue weighted by Crippen LogP contribution is -2.34. The second-order valence-electron chi connectivity index (χ2n) is 14.1. The molecule has 0 bridgehead atoms. The number of carbonyl (C=O) groups is 2. The van der Waals surface area contributed by atoms with Crippen LogP contribution in [0.2, 0.25) is 0 Å². The number of ether oxygens (including phenoxy) is 4. The summed E-state index contributed by atoms with van der Waals surface area (Å²) in [5.74, 6) is 2.90. The Morgan fingerprint density at radius 1 is 0.582 bits per heavy atom. The minimum atomic E-state index is -0.343. The summed E-state index contributed by atoms with van der Waals surface area (Å²) < 4.78 is 22.0. The van der Waals surface area contributed by atoms with E-state index in [9.17, 15) is 9.59 Å². The molecular formula is C42H49N7O6. The Balaban J connectivity index is 0.910. The highest BCUT2D eigenvalue weighted by Crippen LogP contribution is 2.30. The van der Waals surface area contributed by atoms with E-state index in [2.05, 4.69) is 43.8 Å². The van der Waals surface area contributed by atoms with Crippen LogP contribution in [-0.2, 0) is 35.7 Å². The maximum atomic E-state index is 12.8. The first kappa shape index (κ1) is 37.4. The quantitative estimate of drug-likeness (QED) is 0.0503. The van der Waals surface area contributed by atoms with E-state index in [1.165, 1.54) is 12.8 Å². The number of rotatable bonds is 21. The van der Waals surface area contributed by atoms with Gasteiger partial charge in [0.1, 0.15) is 24.2 Å². The van der Waals surface area contributed by atoms with Gasteiger partial charge in [-0.15, -0.1) is 0 Å². The van der Waals surface area contributed by atoms with E-state index < -0.39 is 0 Å². The number of nitrogens with one attached hydrogen (secondary N) is 7. The van der Waals surface area contributed by atoms with Crippen LogP contribution in [0.3, 0.4) is 0 Å². The molecule has 4 amide bonds. The molecule has 2 saturated heterocycles. The molecule has 0 spiro atoms. The topological polar surface area (TPSA) is 162 Å². The van der Waals surface area contributed by atoms with E-state index in [-0.39, 0.29) is 24.7 Å². The molecule has 1 saturated carbocycles. The summed E-state index contributed by atoms with van der Waals surface area (Å²) >= 11 is 0. The number of hydrogen-bond acceptors (Lipinski definition) is 9. The van der Waals surface area contributed by atoms with Gasteiger partial charge in [0.15, 0.2) is 0 Å². The molecular weight excluding hydrogens is 699 g/mol. The Kier molecular flexibility index (Phi) is 12.5. The molecule has 3 fully saturated rings. The van der Waals surface area contributed by atoms with Crippen molar-refractivity contribution in [3.05, 3.63) is 126 Å². The third kappa shape index (κ3) is 13.2. The summed E-state index contributed by atoms with van der Waals surface area (Å²) in [5.41, 5.74) is 6.25. The molecule has 3 aliphatic rings. The van der Waals surface area contributed by atoms with E-state index in [1.54, 1.807) is 12.1 Å². The van der Waals surface area contributed by atoms with Crippen molar-refractivity contribution in [2.24, 2.45) is 5.92 Å². The molecule has 1 aliphatic carbocycles. The molecule has 4 aromatic carbocycles. The molecule has 0 aromatic heterocycles. The van der Waals surface area contributed by atoms with Crippen molar-refractivity contribution in [1.29, 1.82) is 0 Å². The fourth-order valence-corrected chi connectivity index (χ4v) is 5.64. The predicted molar refractivity (Wildman–Crippen MR) is 212 cm³/mol. The third-order valence-corrected chi connectivity index (χ3v) is 9.15. The van der Waals surface area contributed by atoms with Crippen molar-refractivity contribution >= 4 is 29.1 Å². The highest BCUT2D eigenvalue weighted by molar-refractivity contribution is 5.89. The zero-order chi connectivity index (χ0) is 37.8. The Bertz CT molecular complexity index is 1800. The first-order valence-electron chi connectivity index (χ1n) is 18.8. The monoisotopic (exact) mass is 747 g/mol. The van der Waals surface area contributed by atoms with Crippen LogP contribution < -0.4 is 46.7 Å². The molecule has 7 rings (SSSR count). The van der Waals surface area contributed by atoms with Crippen molar-refractivity contribution in [3.63, 3.8) is 0 Å². The average molecular weight is 748 g/mol. The van der Waals surface area contributed by atoms with Crippen LogP contribution in [0.15, 0.2) is 103 Å². The van der Waals surface area contributed by atoms with Gasteiger partial charge in [0, 0.05) is 49.8 Å². The van der Waals surface area contributed by atoms with Crippen molar-refractivity contribution in [1.82, 2.24) is 21.3 Å². The number of amides is 4. The smallest absolute Gasteiger partial charge is 0.319 e. The second kappa shape index (κ2) is 18.4. The van der Waals surface area contributed by atoms with Gasteiger partial charge < -0.3 is 56.2 Å². The lowest BCUT2D eigenvalue weighted by Gasteiger charge is -2.16. The lowest BCUT2D eigenvalue weighted by molar-refractivity contribution is 0.240. The summed E-state index contributed by atoms with van der Waals surface area (Å²) in [7, 11) is 0. The molecule has 13 heteroatoms. The number of urea groups is 2. The van der Waals surface area contributed by atoms with E-state index in [0.717, 1.165) is 65.7 Å². The summed E-state index contributed by atoms with van der Waals surface area (Å²) in [6, 6.07) is 28.4. The SMILES string of the molecule is C=C(NCc1cc(CNC(=O)NCc2ccc(NCC3CO3)cc2)cc(CNC(=O)Nc2ccc(OCC3CO3)cc2)c1)Nc1ccc(OCC2CC2)cc1. The maximum Gasteiger partial charge on any atom is 0.319 e. The standard InChI is InChI=1S/C42H49N7O6/c1-28(48-35-8-12-37(13-9-35)52-24-30-2-3-30)43-20-31-16-32(21-46-41(50)45-19-29-4-6-34(7-5-29)44-23-39-25-54-39)18-33(17-31)22-47-42(51)49-36-10-14-38(15-11-36)53-26-40-27-55-40/h4-18,30,39-40,43-44,48H,1-3,19-27H2,(H2,45,46,50)(H2,47,49,51). The van der Waals surface area contributed by atoms with Crippen LogP contribution in [-0.4, -0.2) is 57.2 Å². The number of hydrogen-bond donors (Lipinski definition) is 7. The van der Waals surface area contributed by atoms with Crippen LogP contribution in [0.5, 0.6) is 11.5 Å². The van der Waals surface area contributed by atoms with Gasteiger partial charge in [-0.05, 0) is 102 Å². The molecule has 2 heterocycles. The molecule has 288 valence electrons. The minimum absolute atomic E-state index is 0.172. The summed E-state index contributed by atoms with van der Waals surface area (Å²) in [6.45, 7) is 9.19. The van der Waals surface area contributed by atoms with Crippen LogP contribution in [0.4, 0.5) is 26.7 Å². The van der Waals surface area contributed by atoms with Gasteiger partial charge in [-0.3, -0.25) is 0 Å². The average Bonchev–Trinajstić information content (AvgIpc) is 4.04. The lowest BCUT2D eigenvalue weighted by atomic mass is 10.1. The highest BCUT2D eigenvalue weighted by Gasteiger charge is 2.23. The van der Waals surface area contributed by atoms with Gasteiger partial charge in [0.2, 0.25) is 0 Å². The van der Waals surface area contributed by atoms with Crippen molar-refractivity contribution in [3.8, 4) is 11.5 Å². The van der Waals surface area contributed by atoms with Crippen molar-refractivity contribution < 1.29 is 28.5 Å². The Hall–Kier alpha value is -5.92. The predicted octanol–water partition coefficient (Wildman–Crippen LogP) is 6.06. The van der Waals surface area contributed by atoms with Gasteiger partial charge in [-0.25, -0.2) is 9.59 Å². The van der Waals surface area contributed by atoms with Gasteiger partial charge in [-0.2, -0.15) is 0 Å². The molecule has 55 heavy (non-hydrogen) atoms. The highest BCUT2D eigenvalue weighted by atomic mass is 16.6. The molecule has 2 aliphatic heterocycles.